The van der Waals surface area contributed by atoms with Crippen molar-refractivity contribution < 1.29 is 28.0 Å². The molecule has 0 aliphatic carbocycles. The fourth-order valence-corrected chi connectivity index (χ4v) is 4.78. The molecular weight excluding hydrogens is 304 g/mol. The first kappa shape index (κ1) is 17.5. The van der Waals surface area contributed by atoms with Crippen molar-refractivity contribution >= 4 is 25.8 Å². The van der Waals surface area contributed by atoms with Crippen molar-refractivity contribution in [1.29, 1.82) is 0 Å². The maximum atomic E-state index is 12.7. The minimum Gasteiger partial charge on any atom is -0.326 e. The van der Waals surface area contributed by atoms with Gasteiger partial charge in [0, 0.05) is 6.54 Å². The summed E-state index contributed by atoms with van der Waals surface area (Å²) in [6.07, 6.45) is 0. The van der Waals surface area contributed by atoms with Gasteiger partial charge in [-0.25, -0.2) is 0 Å². The third-order valence-electron chi connectivity index (χ3n) is 2.48. The Bertz CT molecular complexity index is 546. The highest BCUT2D eigenvalue weighted by molar-refractivity contribution is 7.68. The highest BCUT2D eigenvalue weighted by atomic mass is 31.2. The summed E-state index contributed by atoms with van der Waals surface area (Å²) < 4.78 is 34.5. The molecule has 0 spiro atoms. The SMILES string of the molecule is CCOP(=O)(OCC)c1cc(CN)ccc1P(=O)(O)O. The topological polar surface area (TPSA) is 119 Å². The minimum absolute atomic E-state index is 0.0880. The van der Waals surface area contributed by atoms with Crippen LogP contribution < -0.4 is 16.3 Å². The van der Waals surface area contributed by atoms with Crippen molar-refractivity contribution in [1.82, 2.24) is 0 Å². The highest BCUT2D eigenvalue weighted by Crippen LogP contribution is 2.49. The van der Waals surface area contributed by atoms with Gasteiger partial charge in [0.25, 0.3) is 0 Å². The van der Waals surface area contributed by atoms with Gasteiger partial charge in [-0.15, -0.1) is 0 Å². The van der Waals surface area contributed by atoms with E-state index in [4.69, 9.17) is 14.8 Å². The second-order valence-electron chi connectivity index (χ2n) is 3.90. The van der Waals surface area contributed by atoms with Gasteiger partial charge < -0.3 is 24.6 Å². The molecule has 0 saturated heterocycles. The molecule has 0 aliphatic rings. The standard InChI is InChI=1S/C11H19NO6P2/c1-3-17-20(16,18-4-2)11-7-9(8-12)5-6-10(11)19(13,14)15/h5-7H,3-4,8,12H2,1-2H3,(H2,13,14,15). The van der Waals surface area contributed by atoms with Crippen molar-refractivity contribution in [2.24, 2.45) is 5.73 Å². The number of rotatable bonds is 7. The fourth-order valence-electron chi connectivity index (χ4n) is 1.68. The molecule has 1 aromatic carbocycles. The molecule has 0 heterocycles. The lowest BCUT2D eigenvalue weighted by Crippen LogP contribution is -2.28. The van der Waals surface area contributed by atoms with E-state index in [1.165, 1.54) is 18.2 Å². The third-order valence-corrected chi connectivity index (χ3v) is 5.83. The molecule has 0 radical (unpaired) electrons. The lowest BCUT2D eigenvalue weighted by molar-refractivity contribution is 0.230. The number of nitrogens with two attached hydrogens (primary N) is 1. The molecule has 7 nitrogen and oxygen atoms in total. The molecule has 9 heteroatoms. The summed E-state index contributed by atoms with van der Waals surface area (Å²) in [6.45, 7) is 3.56. The normalized spacial score (nSPS) is 12.7. The van der Waals surface area contributed by atoms with E-state index in [-0.39, 0.29) is 30.4 Å². The predicted molar refractivity (Wildman–Crippen MR) is 76.5 cm³/mol. The average Bonchev–Trinajstić information content (AvgIpc) is 2.37. The van der Waals surface area contributed by atoms with E-state index >= 15 is 0 Å². The Morgan fingerprint density at radius 1 is 1.10 bits per heavy atom. The number of benzene rings is 1. The summed E-state index contributed by atoms with van der Waals surface area (Å²) in [4.78, 5) is 18.8. The van der Waals surface area contributed by atoms with Crippen LogP contribution in [-0.4, -0.2) is 23.0 Å². The zero-order chi connectivity index (χ0) is 15.4. The number of hydrogen-bond donors (Lipinski definition) is 3. The Morgan fingerprint density at radius 3 is 2.05 bits per heavy atom. The Hall–Kier alpha value is -0.520. The van der Waals surface area contributed by atoms with Crippen LogP contribution in [0.2, 0.25) is 0 Å². The monoisotopic (exact) mass is 323 g/mol. The van der Waals surface area contributed by atoms with Crippen molar-refractivity contribution in [3.05, 3.63) is 23.8 Å². The quantitative estimate of drug-likeness (QED) is 0.636. The van der Waals surface area contributed by atoms with Gasteiger partial charge >= 0.3 is 15.2 Å². The van der Waals surface area contributed by atoms with E-state index in [2.05, 4.69) is 0 Å². The maximum Gasteiger partial charge on any atom is 0.362 e. The summed E-state index contributed by atoms with van der Waals surface area (Å²) in [7, 11) is -8.40. The summed E-state index contributed by atoms with van der Waals surface area (Å²) in [5.74, 6) is 0. The number of hydrogen-bond acceptors (Lipinski definition) is 5. The zero-order valence-electron chi connectivity index (χ0n) is 11.4. The van der Waals surface area contributed by atoms with Crippen LogP contribution in [-0.2, 0) is 24.7 Å². The molecule has 0 aromatic heterocycles. The van der Waals surface area contributed by atoms with E-state index in [1.54, 1.807) is 13.8 Å². The van der Waals surface area contributed by atoms with Crippen LogP contribution in [0.5, 0.6) is 0 Å². The van der Waals surface area contributed by atoms with Crippen LogP contribution in [0.25, 0.3) is 0 Å². The Morgan fingerprint density at radius 2 is 1.65 bits per heavy atom. The van der Waals surface area contributed by atoms with E-state index < -0.39 is 15.2 Å². The Balaban J connectivity index is 3.52. The van der Waals surface area contributed by atoms with Crippen LogP contribution in [0, 0.1) is 0 Å². The van der Waals surface area contributed by atoms with Gasteiger partial charge in [-0.3, -0.25) is 9.13 Å². The first-order valence-electron chi connectivity index (χ1n) is 6.07. The average molecular weight is 323 g/mol. The fraction of sp³-hybridized carbons (Fsp3) is 0.455. The largest absolute Gasteiger partial charge is 0.362 e. The lowest BCUT2D eigenvalue weighted by Gasteiger charge is -2.21. The van der Waals surface area contributed by atoms with Gasteiger partial charge in [-0.1, -0.05) is 6.07 Å². The Kier molecular flexibility index (Phi) is 6.10. The minimum atomic E-state index is -4.60. The van der Waals surface area contributed by atoms with Crippen molar-refractivity contribution in [2.75, 3.05) is 13.2 Å². The lowest BCUT2D eigenvalue weighted by atomic mass is 10.2. The smallest absolute Gasteiger partial charge is 0.326 e. The summed E-state index contributed by atoms with van der Waals surface area (Å²) in [6, 6.07) is 4.05. The molecule has 114 valence electrons. The zero-order valence-corrected chi connectivity index (χ0v) is 13.1. The molecule has 0 bridgehead atoms. The first-order valence-corrected chi connectivity index (χ1v) is 9.22. The van der Waals surface area contributed by atoms with Crippen molar-refractivity contribution in [3.63, 3.8) is 0 Å². The van der Waals surface area contributed by atoms with E-state index in [0.717, 1.165) is 0 Å². The molecule has 0 aliphatic heterocycles. The molecular formula is C11H19NO6P2. The molecule has 0 atom stereocenters. The summed E-state index contributed by atoms with van der Waals surface area (Å²) in [5.41, 5.74) is 6.08. The van der Waals surface area contributed by atoms with Crippen LogP contribution in [0.15, 0.2) is 18.2 Å². The molecule has 0 unspecified atom stereocenters. The van der Waals surface area contributed by atoms with Gasteiger partial charge in [-0.2, -0.15) is 0 Å². The van der Waals surface area contributed by atoms with Gasteiger partial charge in [-0.05, 0) is 31.5 Å². The van der Waals surface area contributed by atoms with Crippen molar-refractivity contribution in [3.8, 4) is 0 Å². The van der Waals surface area contributed by atoms with Gasteiger partial charge in [0.2, 0.25) is 0 Å². The molecule has 4 N–H and O–H groups in total. The van der Waals surface area contributed by atoms with Gasteiger partial charge in [0.1, 0.15) is 0 Å². The first-order chi connectivity index (χ1) is 9.28. The van der Waals surface area contributed by atoms with Gasteiger partial charge in [0.05, 0.1) is 23.8 Å². The molecule has 0 fully saturated rings. The summed E-state index contributed by atoms with van der Waals surface area (Å²) in [5, 5.41) is -0.489. The highest BCUT2D eigenvalue weighted by Gasteiger charge is 2.35. The van der Waals surface area contributed by atoms with Gasteiger partial charge in [0.15, 0.2) is 0 Å². The Labute approximate surface area is 117 Å². The second-order valence-corrected chi connectivity index (χ2v) is 7.47. The van der Waals surface area contributed by atoms with Crippen molar-refractivity contribution in [2.45, 2.75) is 20.4 Å². The molecule has 1 rings (SSSR count). The van der Waals surface area contributed by atoms with Crippen LogP contribution in [0.3, 0.4) is 0 Å². The van der Waals surface area contributed by atoms with E-state index in [9.17, 15) is 18.9 Å². The molecule has 0 saturated carbocycles. The molecule has 20 heavy (non-hydrogen) atoms. The van der Waals surface area contributed by atoms with Crippen LogP contribution in [0.1, 0.15) is 19.4 Å². The third kappa shape index (κ3) is 3.99. The van der Waals surface area contributed by atoms with Crippen LogP contribution in [0.4, 0.5) is 0 Å². The second kappa shape index (κ2) is 6.96. The molecule has 0 amide bonds. The summed E-state index contributed by atoms with van der Waals surface area (Å²) >= 11 is 0. The van der Waals surface area contributed by atoms with E-state index in [1.807, 2.05) is 0 Å². The predicted octanol–water partition coefficient (Wildman–Crippen LogP) is 0.840. The van der Waals surface area contributed by atoms with Crippen LogP contribution >= 0.6 is 15.2 Å². The molecule has 1 aromatic rings. The van der Waals surface area contributed by atoms with E-state index in [0.29, 0.717) is 5.56 Å². The maximum absolute atomic E-state index is 12.7.